The molecule has 0 aliphatic carbocycles. The molecule has 2 aromatic carbocycles. The molecule has 1 aliphatic heterocycles. The molecule has 1 aliphatic rings. The quantitative estimate of drug-likeness (QED) is 0.765. The maximum absolute atomic E-state index is 12.5. The number of alkyl halides is 3. The van der Waals surface area contributed by atoms with E-state index < -0.39 is 36.0 Å². The minimum atomic E-state index is -4.43. The zero-order valence-electron chi connectivity index (χ0n) is 15.5. The highest BCUT2D eigenvalue weighted by atomic mass is 19.4. The SMILES string of the molecule is CC1Oc2ccccc2OC1C(=O)NCC(O)COc1ccc(C(F)(F)F)cc1. The number of carbonyl (C=O) groups is 1. The first kappa shape index (κ1) is 20.8. The Morgan fingerprint density at radius 2 is 1.76 bits per heavy atom. The van der Waals surface area contributed by atoms with Gasteiger partial charge in [0, 0.05) is 6.54 Å². The summed E-state index contributed by atoms with van der Waals surface area (Å²) in [7, 11) is 0. The maximum Gasteiger partial charge on any atom is 0.416 e. The number of hydrogen-bond acceptors (Lipinski definition) is 5. The van der Waals surface area contributed by atoms with E-state index in [4.69, 9.17) is 14.2 Å². The van der Waals surface area contributed by atoms with E-state index in [-0.39, 0.29) is 18.9 Å². The average Bonchev–Trinajstić information content (AvgIpc) is 2.69. The van der Waals surface area contributed by atoms with Gasteiger partial charge in [-0.15, -0.1) is 0 Å². The number of halogens is 3. The minimum Gasteiger partial charge on any atom is -0.491 e. The number of ether oxygens (including phenoxy) is 3. The van der Waals surface area contributed by atoms with Crippen LogP contribution in [0.3, 0.4) is 0 Å². The van der Waals surface area contributed by atoms with Gasteiger partial charge in [0.25, 0.3) is 5.91 Å². The highest BCUT2D eigenvalue weighted by Gasteiger charge is 2.34. The molecule has 0 fully saturated rings. The molecule has 0 spiro atoms. The number of para-hydroxylation sites is 2. The van der Waals surface area contributed by atoms with Crippen molar-refractivity contribution in [3.8, 4) is 17.2 Å². The first-order valence-electron chi connectivity index (χ1n) is 8.92. The average molecular weight is 411 g/mol. The summed E-state index contributed by atoms with van der Waals surface area (Å²) in [5, 5.41) is 12.5. The number of fused-ring (bicyclic) bond motifs is 1. The summed E-state index contributed by atoms with van der Waals surface area (Å²) in [6.45, 7) is 1.38. The lowest BCUT2D eigenvalue weighted by Crippen LogP contribution is -2.50. The van der Waals surface area contributed by atoms with E-state index in [1.165, 1.54) is 12.1 Å². The van der Waals surface area contributed by atoms with E-state index in [1.807, 2.05) is 0 Å². The monoisotopic (exact) mass is 411 g/mol. The highest BCUT2D eigenvalue weighted by molar-refractivity contribution is 5.82. The van der Waals surface area contributed by atoms with E-state index in [2.05, 4.69) is 5.32 Å². The lowest BCUT2D eigenvalue weighted by atomic mass is 10.1. The number of aliphatic hydroxyl groups excluding tert-OH is 1. The summed E-state index contributed by atoms with van der Waals surface area (Å²) in [4.78, 5) is 12.4. The first-order valence-corrected chi connectivity index (χ1v) is 8.92. The van der Waals surface area contributed by atoms with Gasteiger partial charge in [0.15, 0.2) is 11.5 Å². The molecule has 3 rings (SSSR count). The Balaban J connectivity index is 1.45. The Labute approximate surface area is 165 Å². The van der Waals surface area contributed by atoms with Crippen LogP contribution in [0.5, 0.6) is 17.2 Å². The molecule has 29 heavy (non-hydrogen) atoms. The van der Waals surface area contributed by atoms with Gasteiger partial charge < -0.3 is 24.6 Å². The maximum atomic E-state index is 12.5. The molecule has 0 bridgehead atoms. The molecular formula is C20H20F3NO5. The predicted octanol–water partition coefficient (Wildman–Crippen LogP) is 2.79. The van der Waals surface area contributed by atoms with Gasteiger partial charge >= 0.3 is 6.18 Å². The van der Waals surface area contributed by atoms with Crippen LogP contribution in [0.1, 0.15) is 12.5 Å². The van der Waals surface area contributed by atoms with Crippen molar-refractivity contribution in [2.75, 3.05) is 13.2 Å². The van der Waals surface area contributed by atoms with Gasteiger partial charge in [0.2, 0.25) is 6.10 Å². The van der Waals surface area contributed by atoms with Crippen LogP contribution in [0.15, 0.2) is 48.5 Å². The van der Waals surface area contributed by atoms with Crippen LogP contribution in [0.25, 0.3) is 0 Å². The van der Waals surface area contributed by atoms with Crippen molar-refractivity contribution in [2.45, 2.75) is 31.4 Å². The number of benzene rings is 2. The smallest absolute Gasteiger partial charge is 0.416 e. The Morgan fingerprint density at radius 3 is 2.38 bits per heavy atom. The van der Waals surface area contributed by atoms with Crippen molar-refractivity contribution in [2.24, 2.45) is 0 Å². The lowest BCUT2D eigenvalue weighted by molar-refractivity contribution is -0.137. The fourth-order valence-corrected chi connectivity index (χ4v) is 2.72. The molecule has 0 saturated heterocycles. The summed E-state index contributed by atoms with van der Waals surface area (Å²) in [6.07, 6.45) is -6.89. The summed E-state index contributed by atoms with van der Waals surface area (Å²) in [5.41, 5.74) is -0.789. The zero-order chi connectivity index (χ0) is 21.0. The number of hydrogen-bond donors (Lipinski definition) is 2. The predicted molar refractivity (Wildman–Crippen MR) is 96.9 cm³/mol. The molecular weight excluding hydrogens is 391 g/mol. The third-order valence-electron chi connectivity index (χ3n) is 4.24. The standard InChI is InChI=1S/C20H20F3NO5/c1-12-18(29-17-5-3-2-4-16(17)28-12)19(26)24-10-14(25)11-27-15-8-6-13(7-9-15)20(21,22)23/h2-9,12,14,18,25H,10-11H2,1H3,(H,24,26). The van der Waals surface area contributed by atoms with Crippen LogP contribution in [-0.2, 0) is 11.0 Å². The van der Waals surface area contributed by atoms with Crippen LogP contribution in [0, 0.1) is 0 Å². The number of nitrogens with one attached hydrogen (secondary N) is 1. The molecule has 156 valence electrons. The van der Waals surface area contributed by atoms with Crippen LogP contribution >= 0.6 is 0 Å². The highest BCUT2D eigenvalue weighted by Crippen LogP contribution is 2.33. The molecule has 0 aromatic heterocycles. The van der Waals surface area contributed by atoms with Crippen molar-refractivity contribution in [1.29, 1.82) is 0 Å². The van der Waals surface area contributed by atoms with Crippen LogP contribution in [0.2, 0.25) is 0 Å². The Hall–Kier alpha value is -2.94. The molecule has 1 amide bonds. The number of carbonyl (C=O) groups excluding carboxylic acids is 1. The van der Waals surface area contributed by atoms with Crippen molar-refractivity contribution in [1.82, 2.24) is 5.32 Å². The van der Waals surface area contributed by atoms with E-state index in [1.54, 1.807) is 31.2 Å². The number of rotatable bonds is 6. The third kappa shape index (κ3) is 5.32. The summed E-state index contributed by atoms with van der Waals surface area (Å²) in [5.74, 6) is 0.726. The second-order valence-corrected chi connectivity index (χ2v) is 6.54. The van der Waals surface area contributed by atoms with E-state index in [0.717, 1.165) is 12.1 Å². The van der Waals surface area contributed by atoms with Gasteiger partial charge in [-0.25, -0.2) is 0 Å². The molecule has 3 unspecified atom stereocenters. The van der Waals surface area contributed by atoms with Crippen LogP contribution in [-0.4, -0.2) is 42.5 Å². The molecule has 0 radical (unpaired) electrons. The van der Waals surface area contributed by atoms with Gasteiger partial charge in [-0.2, -0.15) is 13.2 Å². The van der Waals surface area contributed by atoms with E-state index in [9.17, 15) is 23.1 Å². The van der Waals surface area contributed by atoms with Gasteiger partial charge in [0.1, 0.15) is 24.6 Å². The van der Waals surface area contributed by atoms with Crippen molar-refractivity contribution >= 4 is 5.91 Å². The first-order chi connectivity index (χ1) is 13.7. The molecule has 1 heterocycles. The van der Waals surface area contributed by atoms with Gasteiger partial charge in [-0.1, -0.05) is 12.1 Å². The third-order valence-corrected chi connectivity index (χ3v) is 4.24. The summed E-state index contributed by atoms with van der Waals surface area (Å²) < 4.78 is 54.2. The van der Waals surface area contributed by atoms with Gasteiger partial charge in [-0.3, -0.25) is 4.79 Å². The minimum absolute atomic E-state index is 0.117. The summed E-state index contributed by atoms with van der Waals surface area (Å²) in [6, 6.07) is 11.1. The van der Waals surface area contributed by atoms with Crippen LogP contribution in [0.4, 0.5) is 13.2 Å². The molecule has 3 atom stereocenters. The van der Waals surface area contributed by atoms with Crippen molar-refractivity contribution in [3.63, 3.8) is 0 Å². The Morgan fingerprint density at radius 1 is 1.14 bits per heavy atom. The van der Waals surface area contributed by atoms with Gasteiger partial charge in [-0.05, 0) is 43.3 Å². The largest absolute Gasteiger partial charge is 0.491 e. The van der Waals surface area contributed by atoms with Gasteiger partial charge in [0.05, 0.1) is 5.56 Å². The Kier molecular flexibility index (Phi) is 6.17. The van der Waals surface area contributed by atoms with E-state index in [0.29, 0.717) is 11.5 Å². The number of amides is 1. The van der Waals surface area contributed by atoms with Crippen molar-refractivity contribution < 1.29 is 37.3 Å². The summed E-state index contributed by atoms with van der Waals surface area (Å²) >= 11 is 0. The second kappa shape index (κ2) is 8.60. The molecule has 0 saturated carbocycles. The fraction of sp³-hybridized carbons (Fsp3) is 0.350. The second-order valence-electron chi connectivity index (χ2n) is 6.54. The van der Waals surface area contributed by atoms with Crippen molar-refractivity contribution in [3.05, 3.63) is 54.1 Å². The normalized spacial score (nSPS) is 19.3. The molecule has 9 heteroatoms. The Bertz CT molecular complexity index is 841. The molecule has 2 aromatic rings. The fourth-order valence-electron chi connectivity index (χ4n) is 2.72. The molecule has 6 nitrogen and oxygen atoms in total. The molecule has 2 N–H and O–H groups in total. The lowest BCUT2D eigenvalue weighted by Gasteiger charge is -2.31. The zero-order valence-corrected chi connectivity index (χ0v) is 15.5. The topological polar surface area (TPSA) is 77.0 Å². The number of aliphatic hydroxyl groups is 1. The van der Waals surface area contributed by atoms with E-state index >= 15 is 0 Å². The van der Waals surface area contributed by atoms with Crippen LogP contribution < -0.4 is 19.5 Å².